The van der Waals surface area contributed by atoms with E-state index >= 15 is 0 Å². The van der Waals surface area contributed by atoms with Crippen LogP contribution >= 0.6 is 0 Å². The van der Waals surface area contributed by atoms with Gasteiger partial charge in [-0.05, 0) is 23.3 Å². The van der Waals surface area contributed by atoms with Crippen LogP contribution < -0.4 is 0 Å². The van der Waals surface area contributed by atoms with Gasteiger partial charge >= 0.3 is 5.97 Å². The zero-order valence-corrected chi connectivity index (χ0v) is 13.7. The fraction of sp³-hybridized carbons (Fsp3) is 0.158. The molecular formula is C19H15N3O4. The van der Waals surface area contributed by atoms with Crippen molar-refractivity contribution >= 4 is 11.9 Å². The number of carbonyl (C=O) groups excluding carboxylic acids is 1. The van der Waals surface area contributed by atoms with E-state index in [1.54, 1.807) is 24.5 Å². The van der Waals surface area contributed by atoms with Crippen LogP contribution in [0.2, 0.25) is 0 Å². The Morgan fingerprint density at radius 2 is 1.96 bits per heavy atom. The van der Waals surface area contributed by atoms with E-state index in [0.29, 0.717) is 11.3 Å². The van der Waals surface area contributed by atoms with E-state index in [1.807, 2.05) is 24.3 Å². The Bertz CT molecular complexity index is 968. The van der Waals surface area contributed by atoms with Crippen molar-refractivity contribution in [1.29, 1.82) is 0 Å². The van der Waals surface area contributed by atoms with Crippen LogP contribution in [0.15, 0.2) is 59.4 Å². The summed E-state index contributed by atoms with van der Waals surface area (Å²) >= 11 is 0. The molecule has 1 amide bonds. The molecule has 3 heterocycles. The molecule has 0 fully saturated rings. The molecule has 0 unspecified atom stereocenters. The fourth-order valence-corrected chi connectivity index (χ4v) is 3.12. The van der Waals surface area contributed by atoms with Gasteiger partial charge in [0, 0.05) is 37.0 Å². The maximum absolute atomic E-state index is 12.9. The van der Waals surface area contributed by atoms with Crippen LogP contribution in [0, 0.1) is 0 Å². The third-order valence-electron chi connectivity index (χ3n) is 4.47. The van der Waals surface area contributed by atoms with E-state index in [9.17, 15) is 14.7 Å². The Morgan fingerprint density at radius 3 is 2.69 bits per heavy atom. The lowest BCUT2D eigenvalue weighted by atomic mass is 9.93. The molecule has 1 N–H and O–H groups in total. The minimum absolute atomic E-state index is 0.0782. The maximum Gasteiger partial charge on any atom is 0.326 e. The van der Waals surface area contributed by atoms with Crippen molar-refractivity contribution < 1.29 is 19.2 Å². The molecule has 1 aromatic carbocycles. The highest BCUT2D eigenvalue weighted by Gasteiger charge is 2.36. The number of hydrogen-bond donors (Lipinski definition) is 1. The number of aliphatic carboxylic acids is 1. The molecule has 0 saturated heterocycles. The molecule has 0 radical (unpaired) electrons. The van der Waals surface area contributed by atoms with Gasteiger partial charge in [-0.3, -0.25) is 9.78 Å². The summed E-state index contributed by atoms with van der Waals surface area (Å²) in [5, 5.41) is 13.4. The average Bonchev–Trinajstić information content (AvgIpc) is 3.17. The van der Waals surface area contributed by atoms with Crippen LogP contribution in [-0.4, -0.2) is 38.1 Å². The number of nitrogens with zero attached hydrogens (tertiary/aromatic N) is 3. The van der Waals surface area contributed by atoms with Crippen LogP contribution in [0.4, 0.5) is 0 Å². The number of aromatic nitrogens is 2. The number of carboxylic acid groups (broad SMARTS) is 1. The van der Waals surface area contributed by atoms with Gasteiger partial charge in [-0.15, -0.1) is 0 Å². The Balaban J connectivity index is 1.65. The summed E-state index contributed by atoms with van der Waals surface area (Å²) in [5.74, 6) is -1.10. The second-order valence-electron chi connectivity index (χ2n) is 6.08. The number of benzene rings is 1. The number of hydrogen-bond acceptors (Lipinski definition) is 5. The molecule has 0 bridgehead atoms. The standard InChI is InChI=1S/C19H15N3O4/c23-18(15-9-17(26-21-15)13-6-3-7-20-10-13)22-11-14-5-2-1-4-12(14)8-16(22)19(24)25/h1-7,9-10,16H,8,11H2,(H,24,25)/t16-/m0/s1. The second-order valence-corrected chi connectivity index (χ2v) is 6.08. The molecule has 26 heavy (non-hydrogen) atoms. The van der Waals surface area contributed by atoms with Crippen molar-refractivity contribution in [1.82, 2.24) is 15.0 Å². The third-order valence-corrected chi connectivity index (χ3v) is 4.47. The highest BCUT2D eigenvalue weighted by molar-refractivity contribution is 5.96. The van der Waals surface area contributed by atoms with Gasteiger partial charge in [0.15, 0.2) is 11.5 Å². The van der Waals surface area contributed by atoms with Crippen molar-refractivity contribution in [3.63, 3.8) is 0 Å². The summed E-state index contributed by atoms with van der Waals surface area (Å²) in [6.07, 6.45) is 3.51. The second kappa shape index (κ2) is 6.44. The quantitative estimate of drug-likeness (QED) is 0.780. The maximum atomic E-state index is 12.9. The highest BCUT2D eigenvalue weighted by atomic mass is 16.5. The SMILES string of the molecule is O=C(O)[C@@H]1Cc2ccccc2CN1C(=O)c1cc(-c2cccnc2)on1. The first-order valence-corrected chi connectivity index (χ1v) is 8.11. The Morgan fingerprint density at radius 1 is 1.15 bits per heavy atom. The van der Waals surface area contributed by atoms with Gasteiger partial charge in [0.2, 0.25) is 0 Å². The van der Waals surface area contributed by atoms with Crippen LogP contribution in [0.5, 0.6) is 0 Å². The number of carboxylic acids is 1. The Labute approximate surface area is 148 Å². The minimum Gasteiger partial charge on any atom is -0.480 e. The van der Waals surface area contributed by atoms with E-state index in [-0.39, 0.29) is 18.7 Å². The van der Waals surface area contributed by atoms with Gasteiger partial charge in [-0.2, -0.15) is 0 Å². The van der Waals surface area contributed by atoms with Gasteiger partial charge < -0.3 is 14.5 Å². The van der Waals surface area contributed by atoms with E-state index in [1.165, 1.54) is 11.0 Å². The zero-order chi connectivity index (χ0) is 18.1. The summed E-state index contributed by atoms with van der Waals surface area (Å²) in [5.41, 5.74) is 2.65. The summed E-state index contributed by atoms with van der Waals surface area (Å²) in [6, 6.07) is 11.7. The first-order chi connectivity index (χ1) is 12.6. The van der Waals surface area contributed by atoms with Crippen molar-refractivity contribution in [2.75, 3.05) is 0 Å². The van der Waals surface area contributed by atoms with Crippen molar-refractivity contribution in [3.8, 4) is 11.3 Å². The summed E-state index contributed by atoms with van der Waals surface area (Å²) in [7, 11) is 0. The van der Waals surface area contributed by atoms with Gasteiger partial charge in [-0.25, -0.2) is 4.79 Å². The van der Waals surface area contributed by atoms with Gasteiger partial charge in [0.1, 0.15) is 6.04 Å². The molecule has 0 spiro atoms. The van der Waals surface area contributed by atoms with Crippen molar-refractivity contribution in [2.24, 2.45) is 0 Å². The van der Waals surface area contributed by atoms with Crippen molar-refractivity contribution in [2.45, 2.75) is 19.0 Å². The fourth-order valence-electron chi connectivity index (χ4n) is 3.12. The van der Waals surface area contributed by atoms with E-state index in [4.69, 9.17) is 4.52 Å². The zero-order valence-electron chi connectivity index (χ0n) is 13.7. The molecule has 7 heteroatoms. The molecular weight excluding hydrogens is 334 g/mol. The van der Waals surface area contributed by atoms with Gasteiger partial charge in [0.25, 0.3) is 5.91 Å². The number of pyridine rings is 1. The molecule has 130 valence electrons. The molecule has 1 aliphatic heterocycles. The van der Waals surface area contributed by atoms with E-state index in [0.717, 1.165) is 11.1 Å². The summed E-state index contributed by atoms with van der Waals surface area (Å²) < 4.78 is 5.24. The molecule has 1 aliphatic rings. The molecule has 2 aromatic heterocycles. The molecule has 4 rings (SSSR count). The van der Waals surface area contributed by atoms with E-state index in [2.05, 4.69) is 10.1 Å². The predicted molar refractivity (Wildman–Crippen MR) is 91.2 cm³/mol. The lowest BCUT2D eigenvalue weighted by molar-refractivity contribution is -0.142. The normalized spacial score (nSPS) is 16.2. The first kappa shape index (κ1) is 16.0. The molecule has 7 nitrogen and oxygen atoms in total. The lowest BCUT2D eigenvalue weighted by Crippen LogP contribution is -2.48. The Kier molecular flexibility index (Phi) is 3.96. The van der Waals surface area contributed by atoms with Crippen molar-refractivity contribution in [3.05, 3.63) is 71.7 Å². The Hall–Kier alpha value is -3.48. The molecule has 1 atom stereocenters. The van der Waals surface area contributed by atoms with E-state index < -0.39 is 17.9 Å². The minimum atomic E-state index is -1.04. The summed E-state index contributed by atoms with van der Waals surface area (Å²) in [6.45, 7) is 0.223. The van der Waals surface area contributed by atoms with Gasteiger partial charge in [-0.1, -0.05) is 29.4 Å². The lowest BCUT2D eigenvalue weighted by Gasteiger charge is -2.33. The van der Waals surface area contributed by atoms with Crippen LogP contribution in [0.3, 0.4) is 0 Å². The monoisotopic (exact) mass is 349 g/mol. The highest BCUT2D eigenvalue weighted by Crippen LogP contribution is 2.26. The predicted octanol–water partition coefficient (Wildman–Crippen LogP) is 2.39. The number of rotatable bonds is 3. The smallest absolute Gasteiger partial charge is 0.326 e. The van der Waals surface area contributed by atoms with Crippen LogP contribution in [-0.2, 0) is 17.8 Å². The number of fused-ring (bicyclic) bond motifs is 1. The number of amides is 1. The third kappa shape index (κ3) is 2.83. The summed E-state index contributed by atoms with van der Waals surface area (Å²) in [4.78, 5) is 29.9. The molecule has 3 aromatic rings. The van der Waals surface area contributed by atoms with Gasteiger partial charge in [0.05, 0.1) is 0 Å². The number of carbonyl (C=O) groups is 2. The first-order valence-electron chi connectivity index (χ1n) is 8.11. The molecule has 0 aliphatic carbocycles. The average molecular weight is 349 g/mol. The topological polar surface area (TPSA) is 96.5 Å². The molecule has 0 saturated carbocycles. The van der Waals surface area contributed by atoms with Crippen LogP contribution in [0.25, 0.3) is 11.3 Å². The van der Waals surface area contributed by atoms with Crippen LogP contribution in [0.1, 0.15) is 21.6 Å². The largest absolute Gasteiger partial charge is 0.480 e.